The predicted octanol–water partition coefficient (Wildman–Crippen LogP) is 3.41. The van der Waals surface area contributed by atoms with Crippen LogP contribution in [0.4, 0.5) is 0 Å². The number of hydrogen-bond donors (Lipinski definition) is 0. The van der Waals surface area contributed by atoms with Gasteiger partial charge in [0.15, 0.2) is 0 Å². The molecule has 15 heavy (non-hydrogen) atoms. The largest absolute Gasteiger partial charge is 0.306 e. The predicted molar refractivity (Wildman–Crippen MR) is 67.9 cm³/mol. The fourth-order valence-corrected chi connectivity index (χ4v) is 2.22. The molecule has 0 aromatic carbocycles. The van der Waals surface area contributed by atoms with Crippen LogP contribution in [-0.4, -0.2) is 25.0 Å². The molecule has 1 heterocycles. The Morgan fingerprint density at radius 3 is 2.80 bits per heavy atom. The fourth-order valence-electron chi connectivity index (χ4n) is 2.22. The third-order valence-electron chi connectivity index (χ3n) is 3.18. The quantitative estimate of drug-likeness (QED) is 0.638. The monoisotopic (exact) mass is 205 g/mol. The zero-order valence-corrected chi connectivity index (χ0v) is 10.1. The molecule has 1 aliphatic heterocycles. The van der Waals surface area contributed by atoms with Crippen molar-refractivity contribution in [3.63, 3.8) is 0 Å². The third kappa shape index (κ3) is 4.05. The van der Waals surface area contributed by atoms with Crippen molar-refractivity contribution in [3.8, 4) is 0 Å². The van der Waals surface area contributed by atoms with Crippen molar-refractivity contribution < 1.29 is 0 Å². The Kier molecular flexibility index (Phi) is 5.41. The Hall–Kier alpha value is -0.820. The Morgan fingerprint density at radius 2 is 2.13 bits per heavy atom. The third-order valence-corrected chi connectivity index (χ3v) is 3.18. The van der Waals surface area contributed by atoms with Gasteiger partial charge >= 0.3 is 0 Å². The first-order valence-electron chi connectivity index (χ1n) is 5.91. The summed E-state index contributed by atoms with van der Waals surface area (Å²) in [5, 5.41) is 0. The van der Waals surface area contributed by atoms with Crippen LogP contribution in [0.25, 0.3) is 0 Å². The molecule has 0 aromatic heterocycles. The van der Waals surface area contributed by atoms with E-state index in [9.17, 15) is 0 Å². The van der Waals surface area contributed by atoms with Crippen molar-refractivity contribution in [3.05, 3.63) is 36.5 Å². The van der Waals surface area contributed by atoms with Gasteiger partial charge in [-0.2, -0.15) is 0 Å². The van der Waals surface area contributed by atoms with Crippen LogP contribution < -0.4 is 0 Å². The van der Waals surface area contributed by atoms with E-state index < -0.39 is 0 Å². The average Bonchev–Trinajstić information content (AvgIpc) is 2.45. The summed E-state index contributed by atoms with van der Waals surface area (Å²) >= 11 is 0. The van der Waals surface area contributed by atoms with Gasteiger partial charge in [0.25, 0.3) is 0 Å². The molecule has 1 rings (SSSR count). The van der Waals surface area contributed by atoms with Crippen molar-refractivity contribution >= 4 is 0 Å². The summed E-state index contributed by atoms with van der Waals surface area (Å²) in [4.78, 5) is 2.44. The lowest BCUT2D eigenvalue weighted by Gasteiger charge is -2.15. The fraction of sp³-hybridized carbons (Fsp3) is 0.571. The van der Waals surface area contributed by atoms with Gasteiger partial charge in [-0.3, -0.25) is 0 Å². The number of nitrogens with zero attached hydrogens (tertiary/aromatic N) is 1. The highest BCUT2D eigenvalue weighted by Crippen LogP contribution is 2.25. The maximum atomic E-state index is 3.72. The van der Waals surface area contributed by atoms with Gasteiger partial charge in [0, 0.05) is 0 Å². The second kappa shape index (κ2) is 6.62. The van der Waals surface area contributed by atoms with Crippen molar-refractivity contribution in [2.75, 3.05) is 20.1 Å². The van der Waals surface area contributed by atoms with E-state index in [1.807, 2.05) is 12.2 Å². The van der Waals surface area contributed by atoms with Gasteiger partial charge in [0.1, 0.15) is 0 Å². The van der Waals surface area contributed by atoms with Crippen LogP contribution in [0.5, 0.6) is 0 Å². The smallest absolute Gasteiger partial charge is 0.00160 e. The van der Waals surface area contributed by atoms with E-state index >= 15 is 0 Å². The van der Waals surface area contributed by atoms with Crippen LogP contribution in [-0.2, 0) is 0 Å². The van der Waals surface area contributed by atoms with Crippen molar-refractivity contribution in [2.24, 2.45) is 5.92 Å². The molecule has 1 aliphatic rings. The molecule has 1 fully saturated rings. The molecular weight excluding hydrogens is 182 g/mol. The highest BCUT2D eigenvalue weighted by Gasteiger charge is 2.16. The van der Waals surface area contributed by atoms with Crippen molar-refractivity contribution in [1.29, 1.82) is 0 Å². The second-order valence-corrected chi connectivity index (χ2v) is 4.31. The second-order valence-electron chi connectivity index (χ2n) is 4.31. The molecule has 0 N–H and O–H groups in total. The standard InChI is InChI=1S/C14H23N/c1-4-6-8-13(5-2)14-9-7-11-15(3)12-10-14/h4-6,8,14H,1,7,9-12H2,2-3H3/b8-6-,13-5-. The SMILES string of the molecule is C=C/C=C\C(=C\C)C1CCCN(C)CC1. The Bertz CT molecular complexity index is 250. The van der Waals surface area contributed by atoms with E-state index in [1.54, 1.807) is 0 Å². The molecule has 1 unspecified atom stereocenters. The maximum absolute atomic E-state index is 3.72. The normalized spacial score (nSPS) is 25.5. The minimum Gasteiger partial charge on any atom is -0.306 e. The van der Waals surface area contributed by atoms with E-state index in [4.69, 9.17) is 0 Å². The zero-order chi connectivity index (χ0) is 11.1. The Labute approximate surface area is 94.2 Å². The first-order valence-corrected chi connectivity index (χ1v) is 5.91. The minimum absolute atomic E-state index is 0.746. The van der Waals surface area contributed by atoms with Crippen molar-refractivity contribution in [1.82, 2.24) is 4.90 Å². The van der Waals surface area contributed by atoms with Gasteiger partial charge in [0.2, 0.25) is 0 Å². The summed E-state index contributed by atoms with van der Waals surface area (Å²) in [6.45, 7) is 8.33. The molecule has 84 valence electrons. The molecule has 1 saturated heterocycles. The van der Waals surface area contributed by atoms with Crippen molar-refractivity contribution in [2.45, 2.75) is 26.2 Å². The molecule has 1 atom stereocenters. The summed E-state index contributed by atoms with van der Waals surface area (Å²) in [5.74, 6) is 0.746. The number of likely N-dealkylation sites (tertiary alicyclic amines) is 1. The first kappa shape index (κ1) is 12.3. The van der Waals surface area contributed by atoms with E-state index in [0.717, 1.165) is 5.92 Å². The van der Waals surface area contributed by atoms with Gasteiger partial charge in [-0.05, 0) is 57.8 Å². The molecular formula is C14H23N. The summed E-state index contributed by atoms with van der Waals surface area (Å²) in [6.07, 6.45) is 12.3. The summed E-state index contributed by atoms with van der Waals surface area (Å²) in [7, 11) is 2.22. The molecule has 1 nitrogen and oxygen atoms in total. The minimum atomic E-state index is 0.746. The first-order chi connectivity index (χ1) is 7.27. The van der Waals surface area contributed by atoms with Crippen LogP contribution in [0.2, 0.25) is 0 Å². The van der Waals surface area contributed by atoms with Crippen LogP contribution in [0.15, 0.2) is 36.5 Å². The molecule has 0 aromatic rings. The van der Waals surface area contributed by atoms with E-state index in [-0.39, 0.29) is 0 Å². The molecule has 0 saturated carbocycles. The average molecular weight is 205 g/mol. The number of allylic oxidation sites excluding steroid dienone is 5. The van der Waals surface area contributed by atoms with E-state index in [2.05, 4.69) is 37.6 Å². The van der Waals surface area contributed by atoms with Crippen LogP contribution in [0.1, 0.15) is 26.2 Å². The van der Waals surface area contributed by atoms with E-state index in [0.29, 0.717) is 0 Å². The van der Waals surface area contributed by atoms with Crippen LogP contribution in [0, 0.1) is 5.92 Å². The van der Waals surface area contributed by atoms with Crippen LogP contribution in [0.3, 0.4) is 0 Å². The van der Waals surface area contributed by atoms with Gasteiger partial charge in [-0.25, -0.2) is 0 Å². The molecule has 0 radical (unpaired) electrons. The molecule has 0 aliphatic carbocycles. The highest BCUT2D eigenvalue weighted by molar-refractivity contribution is 5.23. The topological polar surface area (TPSA) is 3.24 Å². The molecule has 0 amide bonds. The summed E-state index contributed by atoms with van der Waals surface area (Å²) in [5.41, 5.74) is 1.48. The summed E-state index contributed by atoms with van der Waals surface area (Å²) in [6, 6.07) is 0. The number of hydrogen-bond acceptors (Lipinski definition) is 1. The van der Waals surface area contributed by atoms with Gasteiger partial charge in [0.05, 0.1) is 0 Å². The zero-order valence-electron chi connectivity index (χ0n) is 10.1. The maximum Gasteiger partial charge on any atom is -0.00160 e. The Balaban J connectivity index is 2.60. The van der Waals surface area contributed by atoms with Crippen LogP contribution >= 0.6 is 0 Å². The highest BCUT2D eigenvalue weighted by atomic mass is 15.1. The molecule has 1 heteroatoms. The summed E-state index contributed by atoms with van der Waals surface area (Å²) < 4.78 is 0. The molecule has 0 spiro atoms. The van der Waals surface area contributed by atoms with Gasteiger partial charge in [-0.1, -0.05) is 30.9 Å². The van der Waals surface area contributed by atoms with E-state index in [1.165, 1.54) is 37.9 Å². The lowest BCUT2D eigenvalue weighted by molar-refractivity contribution is 0.345. The Morgan fingerprint density at radius 1 is 1.33 bits per heavy atom. The lowest BCUT2D eigenvalue weighted by atomic mass is 9.91. The van der Waals surface area contributed by atoms with Gasteiger partial charge in [-0.15, -0.1) is 0 Å². The van der Waals surface area contributed by atoms with Gasteiger partial charge < -0.3 is 4.90 Å². The lowest BCUT2D eigenvalue weighted by Crippen LogP contribution is -2.18. The number of rotatable bonds is 3. The molecule has 0 bridgehead atoms.